The molecule has 1 amide bonds. The van der Waals surface area contributed by atoms with E-state index >= 15 is 0 Å². The Morgan fingerprint density at radius 1 is 1.40 bits per heavy atom. The zero-order valence-corrected chi connectivity index (χ0v) is 11.2. The Labute approximate surface area is 116 Å². The lowest BCUT2D eigenvalue weighted by molar-refractivity contribution is 0.0945. The minimum Gasteiger partial charge on any atom is -0.395 e. The Hall–Kier alpha value is -2.34. The van der Waals surface area contributed by atoms with E-state index in [0.717, 1.165) is 17.1 Å². The van der Waals surface area contributed by atoms with E-state index in [1.807, 2.05) is 19.1 Å². The third-order valence-corrected chi connectivity index (χ3v) is 2.67. The number of anilines is 1. The van der Waals surface area contributed by atoms with Crippen LogP contribution in [0, 0.1) is 6.92 Å². The lowest BCUT2D eigenvalue weighted by Gasteiger charge is -2.07. The van der Waals surface area contributed by atoms with Crippen molar-refractivity contribution >= 4 is 11.6 Å². The molecule has 6 heteroatoms. The zero-order chi connectivity index (χ0) is 14.4. The Bertz CT molecular complexity index is 581. The van der Waals surface area contributed by atoms with E-state index in [1.54, 1.807) is 18.2 Å². The number of carbonyl (C=O) groups excluding carboxylic acids is 1. The molecule has 0 saturated heterocycles. The first kappa shape index (κ1) is 14.1. The smallest absolute Gasteiger partial charge is 0.251 e. The van der Waals surface area contributed by atoms with Gasteiger partial charge >= 0.3 is 0 Å². The molecule has 106 valence electrons. The van der Waals surface area contributed by atoms with Gasteiger partial charge in [-0.1, -0.05) is 11.2 Å². The van der Waals surface area contributed by atoms with Gasteiger partial charge in [0.05, 0.1) is 13.2 Å². The van der Waals surface area contributed by atoms with Gasteiger partial charge in [-0.25, -0.2) is 0 Å². The van der Waals surface area contributed by atoms with E-state index in [-0.39, 0.29) is 19.1 Å². The first-order chi connectivity index (χ1) is 9.69. The van der Waals surface area contributed by atoms with Crippen LogP contribution in [0.15, 0.2) is 34.9 Å². The summed E-state index contributed by atoms with van der Waals surface area (Å²) in [7, 11) is 0. The summed E-state index contributed by atoms with van der Waals surface area (Å²) in [4.78, 5) is 11.8. The number of benzene rings is 1. The number of aliphatic hydroxyl groups excluding tert-OH is 1. The second-order valence-electron chi connectivity index (χ2n) is 4.34. The molecule has 0 aliphatic heterocycles. The molecule has 1 aromatic carbocycles. The van der Waals surface area contributed by atoms with E-state index in [1.165, 1.54) is 0 Å². The average Bonchev–Trinajstić information content (AvgIpc) is 2.88. The van der Waals surface area contributed by atoms with Gasteiger partial charge in [0, 0.05) is 23.9 Å². The molecule has 1 aromatic heterocycles. The number of nitrogens with one attached hydrogen (secondary N) is 2. The highest BCUT2D eigenvalue weighted by atomic mass is 16.5. The zero-order valence-electron chi connectivity index (χ0n) is 11.2. The largest absolute Gasteiger partial charge is 0.395 e. The predicted molar refractivity (Wildman–Crippen MR) is 74.4 cm³/mol. The molecule has 1 heterocycles. The molecule has 0 fully saturated rings. The van der Waals surface area contributed by atoms with Gasteiger partial charge in [-0.05, 0) is 25.1 Å². The Kier molecular flexibility index (Phi) is 4.73. The number of nitrogens with zero attached hydrogens (tertiary/aromatic N) is 1. The van der Waals surface area contributed by atoms with Crippen LogP contribution >= 0.6 is 0 Å². The summed E-state index contributed by atoms with van der Waals surface area (Å²) in [6.07, 6.45) is 0. The molecular weight excluding hydrogens is 258 g/mol. The summed E-state index contributed by atoms with van der Waals surface area (Å²) in [6, 6.07) is 8.99. The number of aromatic nitrogens is 1. The number of hydrogen-bond donors (Lipinski definition) is 3. The monoisotopic (exact) mass is 275 g/mol. The van der Waals surface area contributed by atoms with Crippen LogP contribution in [-0.4, -0.2) is 29.3 Å². The fourth-order valence-corrected chi connectivity index (χ4v) is 1.74. The fraction of sp³-hybridized carbons (Fsp3) is 0.286. The van der Waals surface area contributed by atoms with Crippen LogP contribution < -0.4 is 10.6 Å². The Morgan fingerprint density at radius 3 is 2.95 bits per heavy atom. The maximum Gasteiger partial charge on any atom is 0.251 e. The molecule has 0 unspecified atom stereocenters. The van der Waals surface area contributed by atoms with Crippen molar-refractivity contribution in [2.75, 3.05) is 18.5 Å². The molecule has 0 atom stereocenters. The quantitative estimate of drug-likeness (QED) is 0.740. The molecule has 0 radical (unpaired) electrons. The van der Waals surface area contributed by atoms with E-state index in [2.05, 4.69) is 15.8 Å². The number of amides is 1. The number of aryl methyl sites for hydroxylation is 1. The van der Waals surface area contributed by atoms with Crippen LogP contribution in [0.25, 0.3) is 0 Å². The maximum absolute atomic E-state index is 11.8. The molecule has 0 aliphatic carbocycles. The predicted octanol–water partition coefficient (Wildman–Crippen LogP) is 1.32. The van der Waals surface area contributed by atoms with E-state index in [9.17, 15) is 4.79 Å². The number of hydrogen-bond acceptors (Lipinski definition) is 5. The Balaban J connectivity index is 1.97. The molecule has 0 saturated carbocycles. The fourth-order valence-electron chi connectivity index (χ4n) is 1.74. The van der Waals surface area contributed by atoms with Crippen molar-refractivity contribution in [1.29, 1.82) is 0 Å². The molecule has 0 spiro atoms. The minimum absolute atomic E-state index is 0.0742. The molecule has 6 nitrogen and oxygen atoms in total. The van der Waals surface area contributed by atoms with Crippen molar-refractivity contribution in [1.82, 2.24) is 10.5 Å². The number of aliphatic hydroxyl groups is 1. The first-order valence-electron chi connectivity index (χ1n) is 6.34. The summed E-state index contributed by atoms with van der Waals surface area (Å²) >= 11 is 0. The van der Waals surface area contributed by atoms with Crippen molar-refractivity contribution in [2.24, 2.45) is 0 Å². The summed E-state index contributed by atoms with van der Waals surface area (Å²) in [5.74, 6) is 0.555. The normalized spacial score (nSPS) is 10.3. The van der Waals surface area contributed by atoms with Gasteiger partial charge in [0.25, 0.3) is 5.91 Å². The van der Waals surface area contributed by atoms with Crippen LogP contribution in [0.2, 0.25) is 0 Å². The van der Waals surface area contributed by atoms with Gasteiger partial charge in [0.15, 0.2) is 0 Å². The summed E-state index contributed by atoms with van der Waals surface area (Å²) in [6.45, 7) is 2.53. The van der Waals surface area contributed by atoms with Crippen LogP contribution in [0.4, 0.5) is 5.69 Å². The highest BCUT2D eigenvalue weighted by Crippen LogP contribution is 2.12. The number of carbonyl (C=O) groups is 1. The molecule has 0 bridgehead atoms. The third-order valence-electron chi connectivity index (χ3n) is 2.67. The third kappa shape index (κ3) is 3.83. The van der Waals surface area contributed by atoms with Gasteiger partial charge in [-0.3, -0.25) is 4.79 Å². The highest BCUT2D eigenvalue weighted by molar-refractivity contribution is 5.95. The van der Waals surface area contributed by atoms with E-state index in [4.69, 9.17) is 9.63 Å². The standard InChI is InChI=1S/C14H17N3O3/c1-10-7-13(17-20-10)9-16-12-4-2-3-11(8-12)14(19)15-5-6-18/h2-4,7-8,16,18H,5-6,9H2,1H3,(H,15,19). The summed E-state index contributed by atoms with van der Waals surface area (Å²) in [5, 5.41) is 18.4. The minimum atomic E-state index is -0.208. The summed E-state index contributed by atoms with van der Waals surface area (Å²) in [5.41, 5.74) is 2.17. The van der Waals surface area contributed by atoms with Crippen molar-refractivity contribution in [2.45, 2.75) is 13.5 Å². The van der Waals surface area contributed by atoms with Crippen LogP contribution in [-0.2, 0) is 6.54 Å². The van der Waals surface area contributed by atoms with Crippen molar-refractivity contribution in [3.05, 3.63) is 47.3 Å². The van der Waals surface area contributed by atoms with Crippen molar-refractivity contribution < 1.29 is 14.4 Å². The lowest BCUT2D eigenvalue weighted by Crippen LogP contribution is -2.26. The van der Waals surface area contributed by atoms with Crippen LogP contribution in [0.5, 0.6) is 0 Å². The number of rotatable bonds is 6. The molecular formula is C14H17N3O3. The Morgan fingerprint density at radius 2 is 2.25 bits per heavy atom. The van der Waals surface area contributed by atoms with E-state index < -0.39 is 0 Å². The molecule has 20 heavy (non-hydrogen) atoms. The second-order valence-corrected chi connectivity index (χ2v) is 4.34. The first-order valence-corrected chi connectivity index (χ1v) is 6.34. The average molecular weight is 275 g/mol. The van der Waals surface area contributed by atoms with Crippen LogP contribution in [0.3, 0.4) is 0 Å². The molecule has 2 rings (SSSR count). The van der Waals surface area contributed by atoms with E-state index in [0.29, 0.717) is 12.1 Å². The van der Waals surface area contributed by atoms with Crippen molar-refractivity contribution in [3.8, 4) is 0 Å². The van der Waals surface area contributed by atoms with Crippen LogP contribution in [0.1, 0.15) is 21.8 Å². The van der Waals surface area contributed by atoms with Gasteiger partial charge in [-0.2, -0.15) is 0 Å². The maximum atomic E-state index is 11.8. The SMILES string of the molecule is Cc1cc(CNc2cccc(C(=O)NCCO)c2)no1. The molecule has 2 aromatic rings. The lowest BCUT2D eigenvalue weighted by atomic mass is 10.2. The summed E-state index contributed by atoms with van der Waals surface area (Å²) < 4.78 is 4.98. The van der Waals surface area contributed by atoms with Gasteiger partial charge < -0.3 is 20.3 Å². The van der Waals surface area contributed by atoms with Gasteiger partial charge in [0.1, 0.15) is 11.5 Å². The topological polar surface area (TPSA) is 87.4 Å². The van der Waals surface area contributed by atoms with Gasteiger partial charge in [-0.15, -0.1) is 0 Å². The van der Waals surface area contributed by atoms with Gasteiger partial charge in [0.2, 0.25) is 0 Å². The second kappa shape index (κ2) is 6.72. The molecule has 0 aliphatic rings. The molecule has 3 N–H and O–H groups in total. The van der Waals surface area contributed by atoms with Crippen molar-refractivity contribution in [3.63, 3.8) is 0 Å². The highest BCUT2D eigenvalue weighted by Gasteiger charge is 2.06.